The third kappa shape index (κ3) is 3.97. The fourth-order valence-corrected chi connectivity index (χ4v) is 0.624. The standard InChI is InChI=1S/C6H14N2O/c1-4(2)3-5(7)6(8)9/h4-5H,3,7H2,1-2H3,(H2,8,9). The third-order valence-corrected chi connectivity index (χ3v) is 1.09. The minimum atomic E-state index is -0.468. The Kier molecular flexibility index (Phi) is 3.24. The van der Waals surface area contributed by atoms with Gasteiger partial charge in [-0.05, 0) is 12.3 Å². The van der Waals surface area contributed by atoms with Crippen LogP contribution in [0.2, 0.25) is 0 Å². The van der Waals surface area contributed by atoms with E-state index in [0.717, 1.165) is 0 Å². The van der Waals surface area contributed by atoms with Crippen LogP contribution in [0.5, 0.6) is 0 Å². The summed E-state index contributed by atoms with van der Waals surface area (Å²) in [6.07, 6.45) is 0.676. The first-order valence-corrected chi connectivity index (χ1v) is 3.09. The van der Waals surface area contributed by atoms with Crippen LogP contribution in [0.1, 0.15) is 20.3 Å². The Balaban J connectivity index is 3.50. The summed E-state index contributed by atoms with van der Waals surface area (Å²) in [6.45, 7) is 4.01. The molecule has 3 nitrogen and oxygen atoms in total. The van der Waals surface area contributed by atoms with E-state index in [1.165, 1.54) is 0 Å². The Morgan fingerprint density at radius 1 is 1.56 bits per heavy atom. The van der Waals surface area contributed by atoms with E-state index in [1.807, 2.05) is 13.8 Å². The second-order valence-electron chi connectivity index (χ2n) is 2.64. The summed E-state index contributed by atoms with van der Waals surface area (Å²) in [5, 5.41) is 0. The first-order valence-electron chi connectivity index (χ1n) is 3.09. The highest BCUT2D eigenvalue weighted by Crippen LogP contribution is 2.00. The third-order valence-electron chi connectivity index (χ3n) is 1.09. The van der Waals surface area contributed by atoms with E-state index in [1.54, 1.807) is 0 Å². The average molecular weight is 130 g/mol. The molecule has 0 rings (SSSR count). The van der Waals surface area contributed by atoms with Gasteiger partial charge in [-0.25, -0.2) is 0 Å². The molecule has 0 heterocycles. The van der Waals surface area contributed by atoms with Crippen LogP contribution >= 0.6 is 0 Å². The van der Waals surface area contributed by atoms with Gasteiger partial charge in [0, 0.05) is 0 Å². The average Bonchev–Trinajstić information content (AvgIpc) is 1.63. The van der Waals surface area contributed by atoms with Crippen molar-refractivity contribution in [2.24, 2.45) is 17.4 Å². The fourth-order valence-electron chi connectivity index (χ4n) is 0.624. The molecule has 4 N–H and O–H groups in total. The zero-order chi connectivity index (χ0) is 7.44. The molecule has 0 saturated carbocycles. The van der Waals surface area contributed by atoms with E-state index in [-0.39, 0.29) is 0 Å². The number of carbonyl (C=O) groups excluding carboxylic acids is 1. The lowest BCUT2D eigenvalue weighted by molar-refractivity contribution is -0.119. The summed E-state index contributed by atoms with van der Waals surface area (Å²) < 4.78 is 0. The van der Waals surface area contributed by atoms with Gasteiger partial charge in [0.05, 0.1) is 6.04 Å². The van der Waals surface area contributed by atoms with E-state index in [0.29, 0.717) is 12.3 Å². The van der Waals surface area contributed by atoms with Crippen molar-refractivity contribution in [1.82, 2.24) is 0 Å². The zero-order valence-corrected chi connectivity index (χ0v) is 5.92. The SMILES string of the molecule is CC(C)CC(N)C(N)=O. The van der Waals surface area contributed by atoms with Gasteiger partial charge in [0.15, 0.2) is 0 Å². The number of hydrogen-bond acceptors (Lipinski definition) is 2. The molecule has 0 aromatic heterocycles. The summed E-state index contributed by atoms with van der Waals surface area (Å²) in [6, 6.07) is -0.468. The molecule has 1 atom stereocenters. The molecular weight excluding hydrogens is 116 g/mol. The molecule has 0 aromatic rings. The van der Waals surface area contributed by atoms with Crippen LogP contribution in [0.15, 0.2) is 0 Å². The number of rotatable bonds is 3. The van der Waals surface area contributed by atoms with Gasteiger partial charge in [0.1, 0.15) is 0 Å². The maximum Gasteiger partial charge on any atom is 0.234 e. The quantitative estimate of drug-likeness (QED) is 0.557. The lowest BCUT2D eigenvalue weighted by atomic mass is 10.0. The summed E-state index contributed by atoms with van der Waals surface area (Å²) >= 11 is 0. The van der Waals surface area contributed by atoms with E-state index in [9.17, 15) is 4.79 Å². The van der Waals surface area contributed by atoms with Crippen LogP contribution < -0.4 is 11.5 Å². The topological polar surface area (TPSA) is 69.1 Å². The Bertz CT molecular complexity index is 101. The van der Waals surface area contributed by atoms with E-state index >= 15 is 0 Å². The van der Waals surface area contributed by atoms with Gasteiger partial charge < -0.3 is 11.5 Å². The molecule has 0 aliphatic heterocycles. The second kappa shape index (κ2) is 3.45. The Morgan fingerprint density at radius 3 is 2.11 bits per heavy atom. The molecule has 0 spiro atoms. The van der Waals surface area contributed by atoms with Crippen molar-refractivity contribution in [3.05, 3.63) is 0 Å². The molecule has 0 saturated heterocycles. The summed E-state index contributed by atoms with van der Waals surface area (Å²) in [5.41, 5.74) is 10.3. The molecule has 0 fully saturated rings. The molecule has 0 radical (unpaired) electrons. The van der Waals surface area contributed by atoms with E-state index in [4.69, 9.17) is 11.5 Å². The number of primary amides is 1. The van der Waals surface area contributed by atoms with Crippen molar-refractivity contribution in [3.63, 3.8) is 0 Å². The highest BCUT2D eigenvalue weighted by molar-refractivity contribution is 5.79. The van der Waals surface area contributed by atoms with Crippen molar-refractivity contribution >= 4 is 5.91 Å². The molecule has 9 heavy (non-hydrogen) atoms. The van der Waals surface area contributed by atoms with Gasteiger partial charge in [-0.15, -0.1) is 0 Å². The highest BCUT2D eigenvalue weighted by atomic mass is 16.1. The van der Waals surface area contributed by atoms with Crippen molar-refractivity contribution < 1.29 is 4.79 Å². The van der Waals surface area contributed by atoms with Crippen molar-refractivity contribution in [3.8, 4) is 0 Å². The predicted molar refractivity (Wildman–Crippen MR) is 36.6 cm³/mol. The molecule has 0 aromatic carbocycles. The number of amides is 1. The minimum Gasteiger partial charge on any atom is -0.368 e. The molecule has 1 unspecified atom stereocenters. The predicted octanol–water partition coefficient (Wildman–Crippen LogP) is -0.155. The van der Waals surface area contributed by atoms with Crippen molar-refractivity contribution in [1.29, 1.82) is 0 Å². The molecule has 0 aliphatic carbocycles. The Hall–Kier alpha value is -0.570. The fraction of sp³-hybridized carbons (Fsp3) is 0.833. The van der Waals surface area contributed by atoms with Crippen molar-refractivity contribution in [2.75, 3.05) is 0 Å². The molecule has 54 valence electrons. The maximum absolute atomic E-state index is 10.3. The van der Waals surface area contributed by atoms with Crippen LogP contribution in [-0.4, -0.2) is 11.9 Å². The van der Waals surface area contributed by atoms with Gasteiger partial charge in [-0.2, -0.15) is 0 Å². The Labute approximate surface area is 55.4 Å². The molecular formula is C6H14N2O. The number of carbonyl (C=O) groups is 1. The van der Waals surface area contributed by atoms with Crippen LogP contribution in [0, 0.1) is 5.92 Å². The minimum absolute atomic E-state index is 0.413. The number of nitrogens with two attached hydrogens (primary N) is 2. The first kappa shape index (κ1) is 8.43. The largest absolute Gasteiger partial charge is 0.368 e. The highest BCUT2D eigenvalue weighted by Gasteiger charge is 2.09. The zero-order valence-electron chi connectivity index (χ0n) is 5.92. The van der Waals surface area contributed by atoms with Crippen molar-refractivity contribution in [2.45, 2.75) is 26.3 Å². The van der Waals surface area contributed by atoms with E-state index in [2.05, 4.69) is 0 Å². The monoisotopic (exact) mass is 130 g/mol. The lowest BCUT2D eigenvalue weighted by Crippen LogP contribution is -2.37. The maximum atomic E-state index is 10.3. The summed E-state index contributed by atoms with van der Waals surface area (Å²) in [4.78, 5) is 10.3. The normalized spacial score (nSPS) is 13.8. The molecule has 1 amide bonds. The van der Waals surface area contributed by atoms with Crippen LogP contribution in [0.25, 0.3) is 0 Å². The van der Waals surface area contributed by atoms with E-state index < -0.39 is 11.9 Å². The lowest BCUT2D eigenvalue weighted by Gasteiger charge is -2.08. The summed E-state index contributed by atoms with van der Waals surface area (Å²) in [5.74, 6) is 0.0243. The van der Waals surface area contributed by atoms with Gasteiger partial charge in [0.25, 0.3) is 0 Å². The van der Waals surface area contributed by atoms with Gasteiger partial charge in [-0.1, -0.05) is 13.8 Å². The number of hydrogen-bond donors (Lipinski definition) is 2. The van der Waals surface area contributed by atoms with Crippen LogP contribution in [-0.2, 0) is 4.79 Å². The second-order valence-corrected chi connectivity index (χ2v) is 2.64. The smallest absolute Gasteiger partial charge is 0.234 e. The van der Waals surface area contributed by atoms with Crippen LogP contribution in [0.4, 0.5) is 0 Å². The molecule has 0 aliphatic rings. The van der Waals surface area contributed by atoms with Crippen LogP contribution in [0.3, 0.4) is 0 Å². The van der Waals surface area contributed by atoms with Gasteiger partial charge in [0.2, 0.25) is 5.91 Å². The molecule has 3 heteroatoms. The van der Waals surface area contributed by atoms with Gasteiger partial charge >= 0.3 is 0 Å². The summed E-state index contributed by atoms with van der Waals surface area (Å²) in [7, 11) is 0. The molecule has 0 bridgehead atoms. The first-order chi connectivity index (χ1) is 4.04. The van der Waals surface area contributed by atoms with Gasteiger partial charge in [-0.3, -0.25) is 4.79 Å². The Morgan fingerprint density at radius 2 is 2.00 bits per heavy atom.